The summed E-state index contributed by atoms with van der Waals surface area (Å²) in [5.41, 5.74) is 0.920. The monoisotopic (exact) mass is 254 g/mol. The van der Waals surface area contributed by atoms with Crippen LogP contribution in [0.1, 0.15) is 32.4 Å². The number of nitrogens with one attached hydrogen (secondary N) is 1. The van der Waals surface area contributed by atoms with E-state index in [-0.39, 0.29) is 10.4 Å². The summed E-state index contributed by atoms with van der Waals surface area (Å²) in [7, 11) is -3.15. The van der Waals surface area contributed by atoms with Gasteiger partial charge in [-0.05, 0) is 38.8 Å². The molecule has 2 rings (SSSR count). The average Bonchev–Trinajstić information content (AvgIpc) is 2.97. The zero-order chi connectivity index (χ0) is 12.7. The van der Waals surface area contributed by atoms with Crippen LogP contribution in [0.4, 0.5) is 0 Å². The minimum atomic E-state index is -3.15. The maximum atomic E-state index is 11.3. The van der Waals surface area contributed by atoms with E-state index in [1.54, 1.807) is 6.07 Å². The third-order valence-electron chi connectivity index (χ3n) is 2.97. The van der Waals surface area contributed by atoms with E-state index in [9.17, 15) is 8.42 Å². The summed E-state index contributed by atoms with van der Waals surface area (Å²) >= 11 is 0. The Kier molecular flexibility index (Phi) is 2.99. The van der Waals surface area contributed by atoms with Gasteiger partial charge in [-0.15, -0.1) is 0 Å². The Balaban J connectivity index is 2.25. The number of rotatable bonds is 4. The Hall–Kier alpha value is -0.940. The Morgan fingerprint density at radius 2 is 2.00 bits per heavy atom. The van der Waals surface area contributed by atoms with Crippen LogP contribution in [0.15, 0.2) is 23.2 Å². The molecule has 1 aliphatic carbocycles. The summed E-state index contributed by atoms with van der Waals surface area (Å²) in [6.45, 7) is 4.20. The maximum absolute atomic E-state index is 11.3. The summed E-state index contributed by atoms with van der Waals surface area (Å²) < 4.78 is 22.7. The molecule has 5 heteroatoms. The van der Waals surface area contributed by atoms with Crippen molar-refractivity contribution in [2.24, 2.45) is 0 Å². The van der Waals surface area contributed by atoms with Gasteiger partial charge in [0, 0.05) is 18.5 Å². The van der Waals surface area contributed by atoms with Gasteiger partial charge in [-0.3, -0.25) is 4.98 Å². The number of nitrogens with zero attached hydrogens (tertiary/aromatic N) is 1. The molecule has 94 valence electrons. The zero-order valence-electron chi connectivity index (χ0n) is 10.4. The SMILES string of the molecule is CC(C)NC1(c2ccc(S(C)(=O)=O)cn2)CC1. The highest BCUT2D eigenvalue weighted by atomic mass is 32.2. The van der Waals surface area contributed by atoms with Crippen LogP contribution in [0.5, 0.6) is 0 Å². The standard InChI is InChI=1S/C12H18N2O2S/c1-9(2)14-12(6-7-12)11-5-4-10(8-13-11)17(3,15)16/h4-5,8-9,14H,6-7H2,1-3H3. The van der Waals surface area contributed by atoms with Crippen molar-refractivity contribution in [3.63, 3.8) is 0 Å². The molecule has 1 heterocycles. The van der Waals surface area contributed by atoms with E-state index < -0.39 is 9.84 Å². The van der Waals surface area contributed by atoms with Crippen LogP contribution < -0.4 is 5.32 Å². The minimum Gasteiger partial charge on any atom is -0.304 e. The molecule has 1 aliphatic rings. The van der Waals surface area contributed by atoms with E-state index in [0.717, 1.165) is 18.5 Å². The molecule has 1 saturated carbocycles. The van der Waals surface area contributed by atoms with E-state index in [0.29, 0.717) is 6.04 Å². The first-order valence-corrected chi connectivity index (χ1v) is 7.67. The van der Waals surface area contributed by atoms with Crippen LogP contribution in [-0.4, -0.2) is 25.7 Å². The molecule has 1 N–H and O–H groups in total. The third-order valence-corrected chi connectivity index (χ3v) is 4.07. The van der Waals surface area contributed by atoms with Gasteiger partial charge in [0.2, 0.25) is 0 Å². The van der Waals surface area contributed by atoms with Crippen LogP contribution in [0.25, 0.3) is 0 Å². The van der Waals surface area contributed by atoms with Crippen molar-refractivity contribution >= 4 is 9.84 Å². The van der Waals surface area contributed by atoms with Gasteiger partial charge in [-0.25, -0.2) is 8.42 Å². The molecule has 1 fully saturated rings. The quantitative estimate of drug-likeness (QED) is 0.884. The number of hydrogen-bond donors (Lipinski definition) is 1. The van der Waals surface area contributed by atoms with Gasteiger partial charge in [0.15, 0.2) is 9.84 Å². The smallest absolute Gasteiger partial charge is 0.177 e. The summed E-state index contributed by atoms with van der Waals surface area (Å²) in [5, 5.41) is 3.49. The average molecular weight is 254 g/mol. The van der Waals surface area contributed by atoms with Gasteiger partial charge in [0.05, 0.1) is 16.1 Å². The molecule has 0 aromatic carbocycles. The number of aromatic nitrogens is 1. The van der Waals surface area contributed by atoms with Gasteiger partial charge in [0.1, 0.15) is 0 Å². The van der Waals surface area contributed by atoms with E-state index in [4.69, 9.17) is 0 Å². The van der Waals surface area contributed by atoms with Crippen LogP contribution in [-0.2, 0) is 15.4 Å². The lowest BCUT2D eigenvalue weighted by Crippen LogP contribution is -2.35. The molecule has 1 aromatic heterocycles. The summed E-state index contributed by atoms with van der Waals surface area (Å²) in [4.78, 5) is 4.57. The first kappa shape index (κ1) is 12.5. The van der Waals surface area contributed by atoms with Crippen molar-refractivity contribution in [2.45, 2.75) is 43.2 Å². The zero-order valence-corrected chi connectivity index (χ0v) is 11.2. The Morgan fingerprint density at radius 1 is 1.35 bits per heavy atom. The molecule has 1 aromatic rings. The highest BCUT2D eigenvalue weighted by molar-refractivity contribution is 7.90. The topological polar surface area (TPSA) is 59.1 Å². The number of hydrogen-bond acceptors (Lipinski definition) is 4. The van der Waals surface area contributed by atoms with Gasteiger partial charge in [0.25, 0.3) is 0 Å². The number of pyridine rings is 1. The number of sulfone groups is 1. The molecule has 0 amide bonds. The first-order valence-electron chi connectivity index (χ1n) is 5.78. The second-order valence-electron chi connectivity index (χ2n) is 5.03. The fourth-order valence-electron chi connectivity index (χ4n) is 2.03. The fourth-order valence-corrected chi connectivity index (χ4v) is 2.59. The lowest BCUT2D eigenvalue weighted by molar-refractivity contribution is 0.451. The van der Waals surface area contributed by atoms with E-state index in [1.165, 1.54) is 12.5 Å². The second kappa shape index (κ2) is 4.07. The largest absolute Gasteiger partial charge is 0.304 e. The van der Waals surface area contributed by atoms with Crippen molar-refractivity contribution in [2.75, 3.05) is 6.26 Å². The lowest BCUT2D eigenvalue weighted by atomic mass is 10.1. The van der Waals surface area contributed by atoms with Crippen molar-refractivity contribution < 1.29 is 8.42 Å². The highest BCUT2D eigenvalue weighted by Crippen LogP contribution is 2.44. The maximum Gasteiger partial charge on any atom is 0.177 e. The Morgan fingerprint density at radius 3 is 2.35 bits per heavy atom. The van der Waals surface area contributed by atoms with Crippen LogP contribution >= 0.6 is 0 Å². The minimum absolute atomic E-state index is 0.0236. The van der Waals surface area contributed by atoms with E-state index in [1.807, 2.05) is 6.07 Å². The predicted octanol–water partition coefficient (Wildman–Crippen LogP) is 1.47. The summed E-state index contributed by atoms with van der Waals surface area (Å²) in [6.07, 6.45) is 4.78. The van der Waals surface area contributed by atoms with Gasteiger partial charge in [-0.2, -0.15) is 0 Å². The van der Waals surface area contributed by atoms with Crippen LogP contribution in [0.2, 0.25) is 0 Å². The van der Waals surface area contributed by atoms with Gasteiger partial charge >= 0.3 is 0 Å². The summed E-state index contributed by atoms with van der Waals surface area (Å²) in [5.74, 6) is 0. The molecule has 0 aliphatic heterocycles. The Bertz CT molecular complexity index is 502. The van der Waals surface area contributed by atoms with Crippen LogP contribution in [0.3, 0.4) is 0 Å². The second-order valence-corrected chi connectivity index (χ2v) is 7.05. The predicted molar refractivity (Wildman–Crippen MR) is 66.5 cm³/mol. The molecule has 0 atom stereocenters. The fraction of sp³-hybridized carbons (Fsp3) is 0.583. The van der Waals surface area contributed by atoms with Crippen molar-refractivity contribution in [1.29, 1.82) is 0 Å². The van der Waals surface area contributed by atoms with Crippen molar-refractivity contribution in [3.8, 4) is 0 Å². The third kappa shape index (κ3) is 2.66. The Labute approximate surface area is 102 Å². The van der Waals surface area contributed by atoms with Crippen molar-refractivity contribution in [3.05, 3.63) is 24.0 Å². The molecule has 0 bridgehead atoms. The van der Waals surface area contributed by atoms with Gasteiger partial charge < -0.3 is 5.32 Å². The molecular formula is C12H18N2O2S. The first-order chi connectivity index (χ1) is 7.83. The lowest BCUT2D eigenvalue weighted by Gasteiger charge is -2.19. The summed E-state index contributed by atoms with van der Waals surface area (Å²) in [6, 6.07) is 3.85. The van der Waals surface area contributed by atoms with Crippen molar-refractivity contribution in [1.82, 2.24) is 10.3 Å². The molecule has 4 nitrogen and oxygen atoms in total. The molecule has 0 spiro atoms. The molecular weight excluding hydrogens is 236 g/mol. The molecule has 17 heavy (non-hydrogen) atoms. The van der Waals surface area contributed by atoms with E-state index in [2.05, 4.69) is 24.1 Å². The van der Waals surface area contributed by atoms with Gasteiger partial charge in [-0.1, -0.05) is 0 Å². The van der Waals surface area contributed by atoms with Crippen LogP contribution in [0, 0.1) is 0 Å². The normalized spacial score (nSPS) is 18.4. The van der Waals surface area contributed by atoms with E-state index >= 15 is 0 Å². The molecule has 0 radical (unpaired) electrons. The molecule has 0 saturated heterocycles. The highest BCUT2D eigenvalue weighted by Gasteiger charge is 2.45. The molecule has 0 unspecified atom stereocenters.